The van der Waals surface area contributed by atoms with Gasteiger partial charge >= 0.3 is 17.1 Å². The fraction of sp³-hybridized carbons (Fsp3) is 0.500. The molecule has 6 heteroatoms. The van der Waals surface area contributed by atoms with Crippen molar-refractivity contribution in [2.75, 3.05) is 18.4 Å². The van der Waals surface area contributed by atoms with Gasteiger partial charge in [-0.15, -0.1) is 0 Å². The van der Waals surface area contributed by atoms with Crippen molar-refractivity contribution in [3.05, 3.63) is 29.8 Å². The SMILES string of the molecule is CC(=O)[O-].CCCCc1ccc(NC2=NCCCN2)cc1.[Cu+2]. The Bertz CT molecular complexity index is 457. The Morgan fingerprint density at radius 3 is 2.50 bits per heavy atom. The van der Waals surface area contributed by atoms with Gasteiger partial charge in [-0.2, -0.15) is 0 Å². The number of carbonyl (C=O) groups is 1. The van der Waals surface area contributed by atoms with Crippen LogP contribution in [0.3, 0.4) is 0 Å². The summed E-state index contributed by atoms with van der Waals surface area (Å²) >= 11 is 0. The number of guanidine groups is 1. The van der Waals surface area contributed by atoms with E-state index in [0.29, 0.717) is 0 Å². The summed E-state index contributed by atoms with van der Waals surface area (Å²) < 4.78 is 0. The van der Waals surface area contributed by atoms with Crippen LogP contribution in [0.4, 0.5) is 5.69 Å². The van der Waals surface area contributed by atoms with Crippen LogP contribution in [0, 0.1) is 0 Å². The third-order valence-electron chi connectivity index (χ3n) is 2.93. The van der Waals surface area contributed by atoms with Crippen LogP contribution in [0.2, 0.25) is 0 Å². The van der Waals surface area contributed by atoms with Crippen LogP contribution in [-0.2, 0) is 28.3 Å². The summed E-state index contributed by atoms with van der Waals surface area (Å²) in [6.07, 6.45) is 4.82. The Kier molecular flexibility index (Phi) is 11.2. The third-order valence-corrected chi connectivity index (χ3v) is 2.93. The minimum atomic E-state index is -1.08. The van der Waals surface area contributed by atoms with E-state index < -0.39 is 5.97 Å². The van der Waals surface area contributed by atoms with Crippen molar-refractivity contribution >= 4 is 17.6 Å². The molecule has 2 N–H and O–H groups in total. The molecule has 0 unspecified atom stereocenters. The van der Waals surface area contributed by atoms with Crippen molar-refractivity contribution < 1.29 is 27.0 Å². The number of hydrogen-bond acceptors (Lipinski definition) is 5. The molecule has 22 heavy (non-hydrogen) atoms. The smallest absolute Gasteiger partial charge is 0.550 e. The summed E-state index contributed by atoms with van der Waals surface area (Å²) in [5, 5.41) is 15.4. The molecule has 1 aromatic carbocycles. The maximum atomic E-state index is 8.89. The molecule has 1 heterocycles. The second kappa shape index (κ2) is 12.1. The van der Waals surface area contributed by atoms with Gasteiger partial charge in [-0.3, -0.25) is 4.99 Å². The summed E-state index contributed by atoms with van der Waals surface area (Å²) in [5.41, 5.74) is 2.52. The molecular formula is C16H24CuN3O2+. The fourth-order valence-electron chi connectivity index (χ4n) is 1.89. The molecule has 1 aromatic rings. The second-order valence-electron chi connectivity index (χ2n) is 4.93. The monoisotopic (exact) mass is 353 g/mol. The molecule has 1 aliphatic rings. The van der Waals surface area contributed by atoms with Crippen molar-refractivity contribution in [1.29, 1.82) is 0 Å². The number of nitrogens with zero attached hydrogens (tertiary/aromatic N) is 1. The summed E-state index contributed by atoms with van der Waals surface area (Å²) in [6, 6.07) is 8.65. The predicted octanol–water partition coefficient (Wildman–Crippen LogP) is 1.54. The first-order valence-electron chi connectivity index (χ1n) is 7.43. The zero-order chi connectivity index (χ0) is 15.5. The Balaban J connectivity index is 0.000000791. The predicted molar refractivity (Wildman–Crippen MR) is 84.3 cm³/mol. The number of carboxylic acid groups (broad SMARTS) is 1. The summed E-state index contributed by atoms with van der Waals surface area (Å²) in [4.78, 5) is 13.3. The molecule has 1 aliphatic heterocycles. The molecule has 0 spiro atoms. The van der Waals surface area contributed by atoms with E-state index in [2.05, 4.69) is 46.8 Å². The van der Waals surface area contributed by atoms with Crippen LogP contribution in [0.15, 0.2) is 29.3 Å². The van der Waals surface area contributed by atoms with Crippen LogP contribution in [0.25, 0.3) is 0 Å². The van der Waals surface area contributed by atoms with Gasteiger partial charge in [-0.1, -0.05) is 25.5 Å². The van der Waals surface area contributed by atoms with Crippen molar-refractivity contribution in [2.45, 2.75) is 39.5 Å². The molecule has 0 aromatic heterocycles. The normalized spacial score (nSPS) is 12.7. The molecule has 0 saturated carbocycles. The van der Waals surface area contributed by atoms with Gasteiger partial charge in [0.1, 0.15) is 0 Å². The maximum Gasteiger partial charge on any atom is 2.00 e. The number of aliphatic imine (C=N–C) groups is 1. The second-order valence-corrected chi connectivity index (χ2v) is 4.93. The van der Waals surface area contributed by atoms with Gasteiger partial charge in [0.05, 0.1) is 0 Å². The zero-order valence-electron chi connectivity index (χ0n) is 13.1. The zero-order valence-corrected chi connectivity index (χ0v) is 14.1. The molecule has 0 amide bonds. The van der Waals surface area contributed by atoms with Crippen LogP contribution >= 0.6 is 0 Å². The summed E-state index contributed by atoms with van der Waals surface area (Å²) in [6.45, 7) is 5.13. The van der Waals surface area contributed by atoms with Gasteiger partial charge in [0.2, 0.25) is 0 Å². The number of aryl methyl sites for hydroxylation is 1. The van der Waals surface area contributed by atoms with Crippen LogP contribution in [0.1, 0.15) is 38.7 Å². The molecule has 5 nitrogen and oxygen atoms in total. The Morgan fingerprint density at radius 1 is 1.36 bits per heavy atom. The van der Waals surface area contributed by atoms with Gasteiger partial charge in [-0.05, 0) is 43.9 Å². The van der Waals surface area contributed by atoms with E-state index in [9.17, 15) is 0 Å². The third kappa shape index (κ3) is 9.42. The van der Waals surface area contributed by atoms with Crippen molar-refractivity contribution in [3.8, 4) is 0 Å². The van der Waals surface area contributed by atoms with Gasteiger partial charge in [-0.25, -0.2) is 0 Å². The maximum absolute atomic E-state index is 8.89. The first-order chi connectivity index (χ1) is 10.1. The Morgan fingerprint density at radius 2 is 2.00 bits per heavy atom. The summed E-state index contributed by atoms with van der Waals surface area (Å²) in [7, 11) is 0. The first-order valence-corrected chi connectivity index (χ1v) is 7.43. The average molecular weight is 354 g/mol. The van der Waals surface area contributed by atoms with Crippen molar-refractivity contribution in [1.82, 2.24) is 5.32 Å². The molecule has 0 aliphatic carbocycles. The number of nitrogens with one attached hydrogen (secondary N) is 2. The average Bonchev–Trinajstić information content (AvgIpc) is 2.47. The Labute approximate surface area is 143 Å². The molecule has 0 saturated heterocycles. The van der Waals surface area contributed by atoms with E-state index in [4.69, 9.17) is 9.90 Å². The minimum Gasteiger partial charge on any atom is -0.550 e. The van der Waals surface area contributed by atoms with Gasteiger partial charge in [0.25, 0.3) is 0 Å². The fourth-order valence-corrected chi connectivity index (χ4v) is 1.89. The number of aliphatic carboxylic acids is 1. The van der Waals surface area contributed by atoms with Crippen molar-refractivity contribution in [3.63, 3.8) is 0 Å². The first kappa shape index (κ1) is 20.5. The van der Waals surface area contributed by atoms with Gasteiger partial charge in [0, 0.05) is 24.7 Å². The molecule has 2 rings (SSSR count). The number of carbonyl (C=O) groups excluding carboxylic acids is 1. The van der Waals surface area contributed by atoms with E-state index in [1.807, 2.05) is 0 Å². The van der Waals surface area contributed by atoms with E-state index in [1.165, 1.54) is 24.8 Å². The molecule has 125 valence electrons. The van der Waals surface area contributed by atoms with Gasteiger partial charge < -0.3 is 20.5 Å². The van der Waals surface area contributed by atoms with Crippen molar-refractivity contribution in [2.24, 2.45) is 4.99 Å². The standard InChI is InChI=1S/C14H21N3.C2H4O2.Cu/c1-2-3-5-12-6-8-13(9-7-12)17-14-15-10-4-11-16-14;1-2(3)4;/h6-9H,2-5,10-11H2,1H3,(H2,15,16,17);1H3,(H,3,4);/q;;+2/p-1. The quantitative estimate of drug-likeness (QED) is 0.805. The number of unbranched alkanes of at least 4 members (excludes halogenated alkanes) is 1. The largest absolute Gasteiger partial charge is 2.00 e. The van der Waals surface area contributed by atoms with Gasteiger partial charge in [0.15, 0.2) is 5.96 Å². The molecule has 0 fully saturated rings. The van der Waals surface area contributed by atoms with E-state index in [-0.39, 0.29) is 17.1 Å². The topological polar surface area (TPSA) is 76.5 Å². The van der Waals surface area contributed by atoms with Crippen LogP contribution in [0.5, 0.6) is 0 Å². The number of rotatable bonds is 4. The van der Waals surface area contributed by atoms with Crippen LogP contribution in [-0.4, -0.2) is 25.0 Å². The molecular weight excluding hydrogens is 330 g/mol. The number of hydrogen-bond donors (Lipinski definition) is 2. The molecule has 1 radical (unpaired) electrons. The summed E-state index contributed by atoms with van der Waals surface area (Å²) in [5.74, 6) is -0.183. The number of carboxylic acids is 1. The minimum absolute atomic E-state index is 0. The van der Waals surface area contributed by atoms with Crippen LogP contribution < -0.4 is 15.7 Å². The molecule has 0 atom stereocenters. The van der Waals surface area contributed by atoms with E-state index in [1.54, 1.807) is 0 Å². The number of benzene rings is 1. The Hall–Kier alpha value is -1.52. The van der Waals surface area contributed by atoms with E-state index in [0.717, 1.165) is 38.1 Å². The number of anilines is 1. The van der Waals surface area contributed by atoms with E-state index >= 15 is 0 Å². The molecule has 0 bridgehead atoms.